The number of hydrogen-bond acceptors (Lipinski definition) is 2. The highest BCUT2D eigenvalue weighted by Gasteiger charge is 2.34. The molecule has 0 saturated carbocycles. The van der Waals surface area contributed by atoms with Crippen LogP contribution in [0.25, 0.3) is 0 Å². The van der Waals surface area contributed by atoms with Crippen molar-refractivity contribution in [1.82, 2.24) is 4.98 Å². The second kappa shape index (κ2) is 5.89. The first-order valence-corrected chi connectivity index (χ1v) is 6.33. The molecule has 2 nitrogen and oxygen atoms in total. The summed E-state index contributed by atoms with van der Waals surface area (Å²) < 4.78 is 38.7. The molecule has 0 atom stereocenters. The summed E-state index contributed by atoms with van der Waals surface area (Å²) in [6, 6.07) is 5.25. The number of para-hydroxylation sites is 1. The number of hydrogen-bond donors (Lipinski definition) is 1. The van der Waals surface area contributed by atoms with Crippen LogP contribution in [0, 0.1) is 0 Å². The van der Waals surface area contributed by atoms with Gasteiger partial charge in [-0.1, -0.05) is 29.3 Å². The number of halogens is 5. The van der Waals surface area contributed by atoms with Crippen LogP contribution in [-0.4, -0.2) is 4.98 Å². The minimum absolute atomic E-state index is 0.00463. The van der Waals surface area contributed by atoms with Crippen molar-refractivity contribution in [3.63, 3.8) is 0 Å². The van der Waals surface area contributed by atoms with Crippen molar-refractivity contribution in [2.24, 2.45) is 0 Å². The minimum atomic E-state index is -4.48. The molecule has 0 saturated heterocycles. The largest absolute Gasteiger partial charge is 0.418 e. The highest BCUT2D eigenvalue weighted by Crippen LogP contribution is 2.38. The van der Waals surface area contributed by atoms with Gasteiger partial charge < -0.3 is 5.32 Å². The van der Waals surface area contributed by atoms with E-state index in [1.807, 2.05) is 0 Å². The first-order valence-electron chi connectivity index (χ1n) is 5.57. The van der Waals surface area contributed by atoms with Crippen LogP contribution in [0.15, 0.2) is 36.7 Å². The maximum Gasteiger partial charge on any atom is 0.418 e. The Morgan fingerprint density at radius 3 is 2.50 bits per heavy atom. The predicted octanol–water partition coefficient (Wildman–Crippen LogP) is 5.02. The normalized spacial score (nSPS) is 11.4. The van der Waals surface area contributed by atoms with E-state index >= 15 is 0 Å². The molecule has 0 amide bonds. The fraction of sp³-hybridized carbons (Fsp3) is 0.154. The zero-order chi connectivity index (χ0) is 14.8. The third-order valence-corrected chi connectivity index (χ3v) is 3.29. The fourth-order valence-electron chi connectivity index (χ4n) is 1.67. The van der Waals surface area contributed by atoms with Gasteiger partial charge in [-0.05, 0) is 23.8 Å². The van der Waals surface area contributed by atoms with Crippen LogP contribution in [0.4, 0.5) is 18.9 Å². The van der Waals surface area contributed by atoms with Crippen molar-refractivity contribution in [3.8, 4) is 0 Å². The lowest BCUT2D eigenvalue weighted by Gasteiger charge is -2.16. The summed E-state index contributed by atoms with van der Waals surface area (Å²) in [7, 11) is 0. The van der Waals surface area contributed by atoms with E-state index in [1.165, 1.54) is 24.5 Å². The number of anilines is 1. The summed E-state index contributed by atoms with van der Waals surface area (Å²) in [5.74, 6) is 0. The molecule has 2 aromatic rings. The van der Waals surface area contributed by atoms with Crippen LogP contribution < -0.4 is 5.32 Å². The predicted molar refractivity (Wildman–Crippen MR) is 73.0 cm³/mol. The van der Waals surface area contributed by atoms with E-state index in [4.69, 9.17) is 23.2 Å². The molecule has 0 spiro atoms. The molecule has 1 heterocycles. The first-order chi connectivity index (χ1) is 9.39. The number of alkyl halides is 3. The molecule has 106 valence electrons. The van der Waals surface area contributed by atoms with Crippen LogP contribution in [-0.2, 0) is 12.7 Å². The molecule has 0 radical (unpaired) electrons. The molecule has 0 aliphatic carbocycles. The van der Waals surface area contributed by atoms with Gasteiger partial charge in [0.05, 0.1) is 21.3 Å². The van der Waals surface area contributed by atoms with Crippen LogP contribution in [0.1, 0.15) is 11.1 Å². The standard InChI is InChI=1S/C13H9Cl2F3N2/c14-10-3-1-2-9(13(16,17)18)12(10)20-6-8-4-5-19-7-11(8)15/h1-5,7,20H,6H2. The monoisotopic (exact) mass is 320 g/mol. The molecule has 0 bridgehead atoms. The average Bonchev–Trinajstić information content (AvgIpc) is 2.37. The Morgan fingerprint density at radius 2 is 1.85 bits per heavy atom. The Bertz CT molecular complexity index is 615. The summed E-state index contributed by atoms with van der Waals surface area (Å²) in [5, 5.41) is 3.06. The Kier molecular flexibility index (Phi) is 4.40. The van der Waals surface area contributed by atoms with Crippen molar-refractivity contribution >= 4 is 28.9 Å². The molecule has 1 aromatic heterocycles. The van der Waals surface area contributed by atoms with Crippen molar-refractivity contribution in [2.45, 2.75) is 12.7 Å². The van der Waals surface area contributed by atoms with Gasteiger partial charge in [-0.3, -0.25) is 4.98 Å². The SMILES string of the molecule is FC(F)(F)c1cccc(Cl)c1NCc1ccncc1Cl. The smallest absolute Gasteiger partial charge is 0.379 e. The minimum Gasteiger partial charge on any atom is -0.379 e. The number of rotatable bonds is 3. The van der Waals surface area contributed by atoms with Gasteiger partial charge in [-0.15, -0.1) is 0 Å². The lowest BCUT2D eigenvalue weighted by atomic mass is 10.1. The van der Waals surface area contributed by atoms with E-state index < -0.39 is 11.7 Å². The molecular formula is C13H9Cl2F3N2. The van der Waals surface area contributed by atoms with Crippen LogP contribution in [0.5, 0.6) is 0 Å². The highest BCUT2D eigenvalue weighted by molar-refractivity contribution is 6.33. The molecule has 2 rings (SSSR count). The number of aromatic nitrogens is 1. The van der Waals surface area contributed by atoms with E-state index in [-0.39, 0.29) is 17.3 Å². The van der Waals surface area contributed by atoms with E-state index in [9.17, 15) is 13.2 Å². The summed E-state index contributed by atoms with van der Waals surface area (Å²) in [6.07, 6.45) is -1.54. The molecule has 0 aliphatic rings. The molecule has 20 heavy (non-hydrogen) atoms. The zero-order valence-corrected chi connectivity index (χ0v) is 11.5. The topological polar surface area (TPSA) is 24.9 Å². The molecule has 1 N–H and O–H groups in total. The second-order valence-electron chi connectivity index (χ2n) is 3.98. The van der Waals surface area contributed by atoms with Gasteiger partial charge in [0.25, 0.3) is 0 Å². The number of benzene rings is 1. The van der Waals surface area contributed by atoms with Gasteiger partial charge in [0.2, 0.25) is 0 Å². The molecule has 0 unspecified atom stereocenters. The fourth-order valence-corrected chi connectivity index (χ4v) is 2.10. The number of nitrogens with one attached hydrogen (secondary N) is 1. The van der Waals surface area contributed by atoms with Crippen molar-refractivity contribution in [1.29, 1.82) is 0 Å². The van der Waals surface area contributed by atoms with Crippen LogP contribution in [0.3, 0.4) is 0 Å². The van der Waals surface area contributed by atoms with Gasteiger partial charge in [-0.25, -0.2) is 0 Å². The van der Waals surface area contributed by atoms with Crippen molar-refractivity contribution in [3.05, 3.63) is 57.8 Å². The van der Waals surface area contributed by atoms with E-state index in [0.717, 1.165) is 6.07 Å². The van der Waals surface area contributed by atoms with Gasteiger partial charge in [0.1, 0.15) is 0 Å². The van der Waals surface area contributed by atoms with Crippen molar-refractivity contribution < 1.29 is 13.2 Å². The van der Waals surface area contributed by atoms with E-state index in [0.29, 0.717) is 10.6 Å². The Hall–Kier alpha value is -1.46. The molecule has 7 heteroatoms. The molecule has 0 fully saturated rings. The lowest BCUT2D eigenvalue weighted by molar-refractivity contribution is -0.136. The van der Waals surface area contributed by atoms with Gasteiger partial charge in [0, 0.05) is 18.9 Å². The number of nitrogens with zero attached hydrogens (tertiary/aromatic N) is 1. The van der Waals surface area contributed by atoms with E-state index in [2.05, 4.69) is 10.3 Å². The summed E-state index contributed by atoms with van der Waals surface area (Å²) >= 11 is 11.7. The van der Waals surface area contributed by atoms with Gasteiger partial charge >= 0.3 is 6.18 Å². The summed E-state index contributed by atoms with van der Waals surface area (Å²) in [4.78, 5) is 3.81. The Morgan fingerprint density at radius 1 is 1.10 bits per heavy atom. The second-order valence-corrected chi connectivity index (χ2v) is 4.80. The maximum absolute atomic E-state index is 12.9. The van der Waals surface area contributed by atoms with Gasteiger partial charge in [-0.2, -0.15) is 13.2 Å². The average molecular weight is 321 g/mol. The first kappa shape index (κ1) is 14.9. The molecule has 0 aliphatic heterocycles. The maximum atomic E-state index is 12.9. The molecular weight excluding hydrogens is 312 g/mol. The van der Waals surface area contributed by atoms with Crippen LogP contribution >= 0.6 is 23.2 Å². The van der Waals surface area contributed by atoms with E-state index in [1.54, 1.807) is 6.07 Å². The third kappa shape index (κ3) is 3.35. The third-order valence-electron chi connectivity index (χ3n) is 2.63. The van der Waals surface area contributed by atoms with Crippen LogP contribution in [0.2, 0.25) is 10.0 Å². The highest BCUT2D eigenvalue weighted by atomic mass is 35.5. The summed E-state index contributed by atoms with van der Waals surface area (Å²) in [6.45, 7) is 0.119. The Labute approximate surface area is 123 Å². The Balaban J connectivity index is 2.28. The summed E-state index contributed by atoms with van der Waals surface area (Å²) in [5.41, 5.74) is -0.334. The zero-order valence-electron chi connectivity index (χ0n) is 10.0. The lowest BCUT2D eigenvalue weighted by Crippen LogP contribution is -2.11. The van der Waals surface area contributed by atoms with Crippen molar-refractivity contribution in [2.75, 3.05) is 5.32 Å². The number of pyridine rings is 1. The van der Waals surface area contributed by atoms with Gasteiger partial charge in [0.15, 0.2) is 0 Å². The molecule has 1 aromatic carbocycles. The quantitative estimate of drug-likeness (QED) is 0.859.